The first-order valence-electron chi connectivity index (χ1n) is 6.03. The molecule has 2 rings (SSSR count). The van der Waals surface area contributed by atoms with Crippen molar-refractivity contribution in [2.45, 2.75) is 20.3 Å². The Balaban J connectivity index is 2.01. The number of benzene rings is 1. The molecule has 2 nitrogen and oxygen atoms in total. The van der Waals surface area contributed by atoms with Crippen LogP contribution in [0.25, 0.3) is 11.0 Å². The van der Waals surface area contributed by atoms with Gasteiger partial charge in [0.05, 0.1) is 6.26 Å². The number of halogens is 1. The topological polar surface area (TPSA) is 25.2 Å². The Kier molecular flexibility index (Phi) is 4.24. The van der Waals surface area contributed by atoms with Gasteiger partial charge in [-0.1, -0.05) is 29.8 Å². The first-order chi connectivity index (χ1) is 8.16. The summed E-state index contributed by atoms with van der Waals surface area (Å²) >= 11 is 3.49. The zero-order chi connectivity index (χ0) is 12.3. The van der Waals surface area contributed by atoms with Gasteiger partial charge >= 0.3 is 0 Å². The molecule has 0 radical (unpaired) electrons. The van der Waals surface area contributed by atoms with E-state index < -0.39 is 0 Å². The van der Waals surface area contributed by atoms with Crippen LogP contribution < -0.4 is 5.32 Å². The Hall–Kier alpha value is -0.800. The van der Waals surface area contributed by atoms with Crippen molar-refractivity contribution in [3.05, 3.63) is 34.5 Å². The SMILES string of the molecule is CC(C)CNCCc1coc2ccc(Br)cc12. The van der Waals surface area contributed by atoms with Crippen LogP contribution in [0, 0.1) is 5.92 Å². The average molecular weight is 296 g/mol. The Morgan fingerprint density at radius 1 is 1.35 bits per heavy atom. The van der Waals surface area contributed by atoms with Crippen LogP contribution in [0.1, 0.15) is 19.4 Å². The number of nitrogens with one attached hydrogen (secondary N) is 1. The molecular formula is C14H18BrNO. The summed E-state index contributed by atoms with van der Waals surface area (Å²) in [6.07, 6.45) is 2.88. The van der Waals surface area contributed by atoms with E-state index in [1.54, 1.807) is 0 Å². The van der Waals surface area contributed by atoms with E-state index in [1.165, 1.54) is 10.9 Å². The van der Waals surface area contributed by atoms with Crippen LogP contribution in [0.4, 0.5) is 0 Å². The van der Waals surface area contributed by atoms with Gasteiger partial charge in [0.25, 0.3) is 0 Å². The Labute approximate surface area is 111 Å². The van der Waals surface area contributed by atoms with E-state index in [-0.39, 0.29) is 0 Å². The first-order valence-corrected chi connectivity index (χ1v) is 6.82. The Bertz CT molecular complexity index is 490. The molecule has 0 saturated heterocycles. The highest BCUT2D eigenvalue weighted by Gasteiger charge is 2.05. The largest absolute Gasteiger partial charge is 0.464 e. The van der Waals surface area contributed by atoms with E-state index in [9.17, 15) is 0 Å². The molecule has 17 heavy (non-hydrogen) atoms. The predicted molar refractivity (Wildman–Crippen MR) is 75.3 cm³/mol. The minimum Gasteiger partial charge on any atom is -0.464 e. The van der Waals surface area contributed by atoms with E-state index in [2.05, 4.69) is 41.2 Å². The van der Waals surface area contributed by atoms with Crippen LogP contribution in [0.3, 0.4) is 0 Å². The van der Waals surface area contributed by atoms with Gasteiger partial charge in [0.1, 0.15) is 5.58 Å². The minimum absolute atomic E-state index is 0.699. The molecule has 1 aromatic heterocycles. The molecule has 0 spiro atoms. The third-order valence-corrected chi connectivity index (χ3v) is 3.23. The first kappa shape index (κ1) is 12.7. The highest BCUT2D eigenvalue weighted by Crippen LogP contribution is 2.25. The van der Waals surface area contributed by atoms with Crippen molar-refractivity contribution < 1.29 is 4.42 Å². The molecule has 1 N–H and O–H groups in total. The molecule has 0 amide bonds. The third-order valence-electron chi connectivity index (χ3n) is 2.74. The van der Waals surface area contributed by atoms with Gasteiger partial charge in [-0.25, -0.2) is 0 Å². The van der Waals surface area contributed by atoms with E-state index in [0.717, 1.165) is 29.6 Å². The highest BCUT2D eigenvalue weighted by atomic mass is 79.9. The fourth-order valence-electron chi connectivity index (χ4n) is 1.86. The second-order valence-corrected chi connectivity index (χ2v) is 5.67. The van der Waals surface area contributed by atoms with Gasteiger partial charge in [-0.2, -0.15) is 0 Å². The van der Waals surface area contributed by atoms with Gasteiger partial charge in [0.2, 0.25) is 0 Å². The lowest BCUT2D eigenvalue weighted by molar-refractivity contribution is 0.552. The van der Waals surface area contributed by atoms with Crippen molar-refractivity contribution >= 4 is 26.9 Å². The molecular weight excluding hydrogens is 278 g/mol. The molecule has 0 aliphatic heterocycles. The normalized spacial score (nSPS) is 11.5. The van der Waals surface area contributed by atoms with Crippen molar-refractivity contribution in [1.29, 1.82) is 0 Å². The summed E-state index contributed by atoms with van der Waals surface area (Å²) in [5.41, 5.74) is 2.24. The second-order valence-electron chi connectivity index (χ2n) is 4.75. The quantitative estimate of drug-likeness (QED) is 0.844. The van der Waals surface area contributed by atoms with Crippen molar-refractivity contribution in [3.63, 3.8) is 0 Å². The van der Waals surface area contributed by atoms with Crippen molar-refractivity contribution in [3.8, 4) is 0 Å². The molecule has 0 unspecified atom stereocenters. The lowest BCUT2D eigenvalue weighted by Gasteiger charge is -2.06. The van der Waals surface area contributed by atoms with Crippen LogP contribution in [-0.4, -0.2) is 13.1 Å². The van der Waals surface area contributed by atoms with E-state index in [1.807, 2.05) is 18.4 Å². The average Bonchev–Trinajstić information content (AvgIpc) is 2.67. The van der Waals surface area contributed by atoms with Crippen LogP contribution in [-0.2, 0) is 6.42 Å². The monoisotopic (exact) mass is 295 g/mol. The van der Waals surface area contributed by atoms with Crippen LogP contribution in [0.5, 0.6) is 0 Å². The van der Waals surface area contributed by atoms with Crippen molar-refractivity contribution in [2.75, 3.05) is 13.1 Å². The van der Waals surface area contributed by atoms with Gasteiger partial charge in [-0.15, -0.1) is 0 Å². The van der Waals surface area contributed by atoms with Crippen LogP contribution in [0.15, 0.2) is 33.4 Å². The second kappa shape index (κ2) is 5.69. The molecule has 0 aliphatic carbocycles. The van der Waals surface area contributed by atoms with Gasteiger partial charge in [-0.05, 0) is 49.2 Å². The summed E-state index contributed by atoms with van der Waals surface area (Å²) in [5.74, 6) is 0.699. The van der Waals surface area contributed by atoms with E-state index in [4.69, 9.17) is 4.42 Å². The Morgan fingerprint density at radius 3 is 2.94 bits per heavy atom. The number of furan rings is 1. The number of fused-ring (bicyclic) bond motifs is 1. The molecule has 0 fully saturated rings. The molecule has 0 aliphatic rings. The molecule has 2 aromatic rings. The summed E-state index contributed by atoms with van der Waals surface area (Å²) in [6, 6.07) is 6.13. The smallest absolute Gasteiger partial charge is 0.134 e. The number of hydrogen-bond donors (Lipinski definition) is 1. The minimum atomic E-state index is 0.699. The molecule has 92 valence electrons. The van der Waals surface area contributed by atoms with Crippen LogP contribution >= 0.6 is 15.9 Å². The zero-order valence-corrected chi connectivity index (χ0v) is 11.9. The molecule has 1 heterocycles. The van der Waals surface area contributed by atoms with Gasteiger partial charge in [0.15, 0.2) is 0 Å². The molecule has 3 heteroatoms. The van der Waals surface area contributed by atoms with Gasteiger partial charge in [0, 0.05) is 9.86 Å². The number of rotatable bonds is 5. The fraction of sp³-hybridized carbons (Fsp3) is 0.429. The van der Waals surface area contributed by atoms with Crippen molar-refractivity contribution in [2.24, 2.45) is 5.92 Å². The zero-order valence-electron chi connectivity index (χ0n) is 10.3. The van der Waals surface area contributed by atoms with Gasteiger partial charge < -0.3 is 9.73 Å². The highest BCUT2D eigenvalue weighted by molar-refractivity contribution is 9.10. The van der Waals surface area contributed by atoms with Crippen LogP contribution in [0.2, 0.25) is 0 Å². The van der Waals surface area contributed by atoms with E-state index in [0.29, 0.717) is 5.92 Å². The summed E-state index contributed by atoms with van der Waals surface area (Å²) < 4.78 is 6.63. The van der Waals surface area contributed by atoms with Crippen molar-refractivity contribution in [1.82, 2.24) is 5.32 Å². The molecule has 0 bridgehead atoms. The van der Waals surface area contributed by atoms with Gasteiger partial charge in [-0.3, -0.25) is 0 Å². The summed E-state index contributed by atoms with van der Waals surface area (Å²) in [4.78, 5) is 0. The number of hydrogen-bond acceptors (Lipinski definition) is 2. The maximum atomic E-state index is 5.53. The lowest BCUT2D eigenvalue weighted by atomic mass is 10.1. The predicted octanol–water partition coefficient (Wildman–Crippen LogP) is 3.98. The fourth-order valence-corrected chi connectivity index (χ4v) is 2.22. The van der Waals surface area contributed by atoms with E-state index >= 15 is 0 Å². The maximum Gasteiger partial charge on any atom is 0.134 e. The third kappa shape index (κ3) is 3.33. The molecule has 0 saturated carbocycles. The molecule has 0 atom stereocenters. The maximum absolute atomic E-state index is 5.53. The Morgan fingerprint density at radius 2 is 2.18 bits per heavy atom. The standard InChI is InChI=1S/C14H18BrNO/c1-10(2)8-16-6-5-11-9-17-14-4-3-12(15)7-13(11)14/h3-4,7,9-10,16H,5-6,8H2,1-2H3. The lowest BCUT2D eigenvalue weighted by Crippen LogP contribution is -2.21. The molecule has 1 aromatic carbocycles. The summed E-state index contributed by atoms with van der Waals surface area (Å²) in [6.45, 7) is 6.51. The summed E-state index contributed by atoms with van der Waals surface area (Å²) in [7, 11) is 0. The summed E-state index contributed by atoms with van der Waals surface area (Å²) in [5, 5.41) is 4.66.